The molecule has 1 aliphatic rings. The summed E-state index contributed by atoms with van der Waals surface area (Å²) in [6, 6.07) is 7.90. The first-order chi connectivity index (χ1) is 7.83. The fraction of sp³-hybridized carbons (Fsp3) is 0.364. The normalized spacial score (nSPS) is 25.3. The maximum atomic E-state index is 9.64. The summed E-state index contributed by atoms with van der Waals surface area (Å²) in [7, 11) is 0. The Kier molecular flexibility index (Phi) is 2.59. The van der Waals surface area contributed by atoms with Crippen molar-refractivity contribution in [2.45, 2.75) is 16.5 Å². The standard InChI is InChI=1S/C11H12N2O2S/c14-9-5-15-6-10(9)16-11-12-7-3-1-2-4-8(7)13-11/h1-4,9-10,14H,5-6H2,(H,12,13)/t9-,10-/m1/s1. The predicted molar refractivity (Wildman–Crippen MR) is 62.6 cm³/mol. The van der Waals surface area contributed by atoms with Crippen LogP contribution in [0.3, 0.4) is 0 Å². The van der Waals surface area contributed by atoms with Gasteiger partial charge in [0.1, 0.15) is 0 Å². The third kappa shape index (κ3) is 1.81. The van der Waals surface area contributed by atoms with Crippen molar-refractivity contribution in [3.8, 4) is 0 Å². The Hall–Kier alpha value is -1.04. The molecule has 1 aromatic heterocycles. The highest BCUT2D eigenvalue weighted by atomic mass is 32.2. The minimum Gasteiger partial charge on any atom is -0.389 e. The number of fused-ring (bicyclic) bond motifs is 1. The van der Waals surface area contributed by atoms with Crippen molar-refractivity contribution in [1.82, 2.24) is 9.97 Å². The van der Waals surface area contributed by atoms with Crippen LogP contribution in [-0.4, -0.2) is 39.6 Å². The average molecular weight is 236 g/mol. The van der Waals surface area contributed by atoms with Gasteiger partial charge >= 0.3 is 0 Å². The Bertz CT molecular complexity index is 466. The second kappa shape index (κ2) is 4.08. The number of aliphatic hydroxyl groups excluding tert-OH is 1. The number of aromatic amines is 1. The second-order valence-corrected chi connectivity index (χ2v) is 5.05. The predicted octanol–water partition coefficient (Wildman–Crippen LogP) is 1.41. The highest BCUT2D eigenvalue weighted by Gasteiger charge is 2.28. The summed E-state index contributed by atoms with van der Waals surface area (Å²) in [6.45, 7) is 1.01. The Labute approximate surface area is 97.0 Å². The third-order valence-electron chi connectivity index (χ3n) is 2.63. The van der Waals surface area contributed by atoms with Gasteiger partial charge in [-0.3, -0.25) is 0 Å². The monoisotopic (exact) mass is 236 g/mol. The van der Waals surface area contributed by atoms with E-state index in [0.717, 1.165) is 16.2 Å². The number of para-hydroxylation sites is 2. The molecule has 2 N–H and O–H groups in total. The van der Waals surface area contributed by atoms with Gasteiger partial charge in [-0.25, -0.2) is 4.98 Å². The number of nitrogens with one attached hydrogen (secondary N) is 1. The minimum absolute atomic E-state index is 0.0839. The topological polar surface area (TPSA) is 58.1 Å². The molecular formula is C11H12N2O2S. The van der Waals surface area contributed by atoms with Gasteiger partial charge in [-0.05, 0) is 12.1 Å². The van der Waals surface area contributed by atoms with Gasteiger partial charge in [0.15, 0.2) is 5.16 Å². The van der Waals surface area contributed by atoms with E-state index in [1.165, 1.54) is 0 Å². The molecule has 1 aromatic carbocycles. The maximum absolute atomic E-state index is 9.64. The zero-order valence-electron chi connectivity index (χ0n) is 8.59. The van der Waals surface area contributed by atoms with Crippen molar-refractivity contribution < 1.29 is 9.84 Å². The molecule has 0 amide bonds. The summed E-state index contributed by atoms with van der Waals surface area (Å²) in [5, 5.41) is 10.6. The average Bonchev–Trinajstić information content (AvgIpc) is 2.85. The molecule has 0 saturated carbocycles. The number of H-pyrrole nitrogens is 1. The molecule has 1 saturated heterocycles. The smallest absolute Gasteiger partial charge is 0.166 e. The van der Waals surface area contributed by atoms with Crippen LogP contribution >= 0.6 is 11.8 Å². The number of hydrogen-bond donors (Lipinski definition) is 2. The Morgan fingerprint density at radius 2 is 2.25 bits per heavy atom. The zero-order valence-corrected chi connectivity index (χ0v) is 9.41. The second-order valence-electron chi connectivity index (χ2n) is 3.82. The molecule has 1 fully saturated rings. The number of aliphatic hydroxyl groups is 1. The van der Waals surface area contributed by atoms with Gasteiger partial charge in [0.2, 0.25) is 0 Å². The SMILES string of the molecule is O[C@@H]1COC[C@H]1Sc1nc2ccccc2[nH]1. The lowest BCUT2D eigenvalue weighted by molar-refractivity contribution is 0.127. The van der Waals surface area contributed by atoms with Gasteiger partial charge in [0.05, 0.1) is 35.6 Å². The molecule has 0 radical (unpaired) electrons. The third-order valence-corrected chi connectivity index (χ3v) is 3.80. The largest absolute Gasteiger partial charge is 0.389 e. The molecule has 0 bridgehead atoms. The molecule has 5 heteroatoms. The van der Waals surface area contributed by atoms with Gasteiger partial charge in [-0.15, -0.1) is 0 Å². The van der Waals surface area contributed by atoms with E-state index in [-0.39, 0.29) is 5.25 Å². The highest BCUT2D eigenvalue weighted by Crippen LogP contribution is 2.28. The number of aromatic nitrogens is 2. The minimum atomic E-state index is -0.391. The molecule has 0 unspecified atom stereocenters. The lowest BCUT2D eigenvalue weighted by Gasteiger charge is -2.08. The summed E-state index contributed by atoms with van der Waals surface area (Å²) in [4.78, 5) is 7.68. The van der Waals surface area contributed by atoms with Gasteiger partial charge in [0.25, 0.3) is 0 Å². The van der Waals surface area contributed by atoms with Gasteiger partial charge in [-0.2, -0.15) is 0 Å². The molecule has 84 valence electrons. The summed E-state index contributed by atoms with van der Waals surface area (Å²) in [5.74, 6) is 0. The molecule has 4 nitrogen and oxygen atoms in total. The molecule has 0 spiro atoms. The Balaban J connectivity index is 1.83. The number of thioether (sulfide) groups is 1. The van der Waals surface area contributed by atoms with Crippen LogP contribution in [0.25, 0.3) is 11.0 Å². The number of rotatable bonds is 2. The van der Waals surface area contributed by atoms with Crippen molar-refractivity contribution in [2.24, 2.45) is 0 Å². The summed E-state index contributed by atoms with van der Waals surface area (Å²) < 4.78 is 5.20. The van der Waals surface area contributed by atoms with Crippen LogP contribution in [0.5, 0.6) is 0 Å². The molecule has 2 atom stereocenters. The van der Waals surface area contributed by atoms with Crippen molar-refractivity contribution >= 4 is 22.8 Å². The van der Waals surface area contributed by atoms with Gasteiger partial charge < -0.3 is 14.8 Å². The van der Waals surface area contributed by atoms with Crippen LogP contribution in [0.15, 0.2) is 29.4 Å². The van der Waals surface area contributed by atoms with Crippen LogP contribution < -0.4 is 0 Å². The van der Waals surface area contributed by atoms with E-state index in [4.69, 9.17) is 4.74 Å². The maximum Gasteiger partial charge on any atom is 0.166 e. The van der Waals surface area contributed by atoms with E-state index >= 15 is 0 Å². The first kappa shape index (κ1) is 10.1. The van der Waals surface area contributed by atoms with Gasteiger partial charge in [0, 0.05) is 0 Å². The molecule has 16 heavy (non-hydrogen) atoms. The Morgan fingerprint density at radius 3 is 3.00 bits per heavy atom. The van der Waals surface area contributed by atoms with Crippen LogP contribution in [0, 0.1) is 0 Å². The van der Waals surface area contributed by atoms with E-state index in [2.05, 4.69) is 9.97 Å². The number of imidazole rings is 1. The molecular weight excluding hydrogens is 224 g/mol. The van der Waals surface area contributed by atoms with Crippen LogP contribution in [-0.2, 0) is 4.74 Å². The van der Waals surface area contributed by atoms with Crippen molar-refractivity contribution in [1.29, 1.82) is 0 Å². The van der Waals surface area contributed by atoms with Gasteiger partial charge in [-0.1, -0.05) is 23.9 Å². The van der Waals surface area contributed by atoms with Crippen LogP contribution in [0.1, 0.15) is 0 Å². The first-order valence-corrected chi connectivity index (χ1v) is 6.08. The highest BCUT2D eigenvalue weighted by molar-refractivity contribution is 7.99. The molecule has 3 rings (SSSR count). The number of benzene rings is 1. The summed E-state index contributed by atoms with van der Waals surface area (Å²) >= 11 is 1.54. The lowest BCUT2D eigenvalue weighted by Crippen LogP contribution is -2.20. The van der Waals surface area contributed by atoms with Crippen LogP contribution in [0.2, 0.25) is 0 Å². The quantitative estimate of drug-likeness (QED) is 0.828. The first-order valence-electron chi connectivity index (χ1n) is 5.20. The summed E-state index contributed by atoms with van der Waals surface area (Å²) in [5.41, 5.74) is 1.98. The van der Waals surface area contributed by atoms with Crippen molar-refractivity contribution in [2.75, 3.05) is 13.2 Å². The van der Waals surface area contributed by atoms with E-state index in [0.29, 0.717) is 13.2 Å². The summed E-state index contributed by atoms with van der Waals surface area (Å²) in [6.07, 6.45) is -0.391. The van der Waals surface area contributed by atoms with E-state index < -0.39 is 6.10 Å². The number of ether oxygens (including phenoxy) is 1. The lowest BCUT2D eigenvalue weighted by atomic mass is 10.3. The number of hydrogen-bond acceptors (Lipinski definition) is 4. The Morgan fingerprint density at radius 1 is 1.38 bits per heavy atom. The van der Waals surface area contributed by atoms with E-state index in [9.17, 15) is 5.11 Å². The molecule has 0 aliphatic carbocycles. The fourth-order valence-electron chi connectivity index (χ4n) is 1.76. The number of nitrogens with zero attached hydrogens (tertiary/aromatic N) is 1. The van der Waals surface area contributed by atoms with E-state index in [1.54, 1.807) is 11.8 Å². The van der Waals surface area contributed by atoms with Crippen molar-refractivity contribution in [3.63, 3.8) is 0 Å². The van der Waals surface area contributed by atoms with Crippen molar-refractivity contribution in [3.05, 3.63) is 24.3 Å². The molecule has 2 heterocycles. The van der Waals surface area contributed by atoms with E-state index in [1.807, 2.05) is 24.3 Å². The molecule has 2 aromatic rings. The fourth-order valence-corrected chi connectivity index (χ4v) is 2.77. The molecule has 1 aliphatic heterocycles. The zero-order chi connectivity index (χ0) is 11.0. The van der Waals surface area contributed by atoms with Crippen LogP contribution in [0.4, 0.5) is 0 Å².